The van der Waals surface area contributed by atoms with Crippen LogP contribution in [0.15, 0.2) is 24.3 Å². The van der Waals surface area contributed by atoms with Gasteiger partial charge in [-0.25, -0.2) is 0 Å². The van der Waals surface area contributed by atoms with E-state index in [1.54, 1.807) is 31.4 Å². The molecule has 0 aromatic heterocycles. The van der Waals surface area contributed by atoms with Crippen molar-refractivity contribution in [3.8, 4) is 5.75 Å². The van der Waals surface area contributed by atoms with Crippen molar-refractivity contribution in [2.45, 2.75) is 18.6 Å². The summed E-state index contributed by atoms with van der Waals surface area (Å²) in [5.74, 6) is 0.737. The Bertz CT molecular complexity index is 286. The average molecular weight is 275 g/mol. The lowest BCUT2D eigenvalue weighted by Gasteiger charge is -2.17. The van der Waals surface area contributed by atoms with Gasteiger partial charge in [-0.15, -0.1) is 0 Å². The van der Waals surface area contributed by atoms with Gasteiger partial charge in [-0.3, -0.25) is 0 Å². The minimum absolute atomic E-state index is 0.521. The third-order valence-corrected chi connectivity index (χ3v) is 2.68. The Morgan fingerprint density at radius 2 is 1.87 bits per heavy atom. The highest BCUT2D eigenvalue weighted by molar-refractivity contribution is 9.09. The van der Waals surface area contributed by atoms with Crippen LogP contribution in [0.4, 0.5) is 0 Å². The van der Waals surface area contributed by atoms with Crippen molar-refractivity contribution in [2.75, 3.05) is 12.4 Å². The summed E-state index contributed by atoms with van der Waals surface area (Å²) in [6, 6.07) is 7.03. The van der Waals surface area contributed by atoms with Crippen LogP contribution in [0, 0.1) is 0 Å². The molecule has 1 aromatic rings. The molecule has 1 rings (SSSR count). The van der Waals surface area contributed by atoms with E-state index in [1.165, 1.54) is 0 Å². The first-order chi connectivity index (χ1) is 7.19. The molecule has 0 saturated heterocycles. The van der Waals surface area contributed by atoms with Crippen LogP contribution in [0.25, 0.3) is 0 Å². The second-order valence-corrected chi connectivity index (χ2v) is 4.06. The molecular formula is C11H15BrO3. The molecule has 0 radical (unpaired) electrons. The van der Waals surface area contributed by atoms with E-state index in [2.05, 4.69) is 15.9 Å². The summed E-state index contributed by atoms with van der Waals surface area (Å²) in [7, 11) is 1.59. The van der Waals surface area contributed by atoms with Crippen LogP contribution in [0.1, 0.15) is 18.1 Å². The summed E-state index contributed by atoms with van der Waals surface area (Å²) in [6.45, 7) is 0. The molecule has 3 nitrogen and oxygen atoms in total. The number of benzene rings is 1. The van der Waals surface area contributed by atoms with E-state index in [1.807, 2.05) is 0 Å². The number of hydrogen-bond donors (Lipinski definition) is 2. The first-order valence-corrected chi connectivity index (χ1v) is 5.87. The van der Waals surface area contributed by atoms with Crippen LogP contribution >= 0.6 is 15.9 Å². The van der Waals surface area contributed by atoms with Crippen LogP contribution in [-0.2, 0) is 0 Å². The molecule has 0 aliphatic rings. The first kappa shape index (κ1) is 12.5. The molecular weight excluding hydrogens is 260 g/mol. The van der Waals surface area contributed by atoms with Crippen molar-refractivity contribution >= 4 is 15.9 Å². The number of ether oxygens (including phenoxy) is 1. The zero-order chi connectivity index (χ0) is 11.3. The molecule has 4 heteroatoms. The second kappa shape index (κ2) is 6.10. The molecule has 0 aliphatic heterocycles. The fraction of sp³-hybridized carbons (Fsp3) is 0.455. The molecule has 2 unspecified atom stereocenters. The number of hydrogen-bond acceptors (Lipinski definition) is 3. The molecule has 1 aromatic carbocycles. The zero-order valence-electron chi connectivity index (χ0n) is 8.56. The Morgan fingerprint density at radius 1 is 1.27 bits per heavy atom. The van der Waals surface area contributed by atoms with Crippen molar-refractivity contribution in [3.05, 3.63) is 29.8 Å². The predicted molar refractivity (Wildman–Crippen MR) is 62.4 cm³/mol. The maximum absolute atomic E-state index is 9.77. The smallest absolute Gasteiger partial charge is 0.118 e. The van der Waals surface area contributed by atoms with E-state index in [-0.39, 0.29) is 0 Å². The van der Waals surface area contributed by atoms with E-state index in [4.69, 9.17) is 4.74 Å². The SMILES string of the molecule is COc1ccc(C(O)C(O)CCBr)cc1. The van der Waals surface area contributed by atoms with E-state index >= 15 is 0 Å². The van der Waals surface area contributed by atoms with Crippen molar-refractivity contribution in [1.29, 1.82) is 0 Å². The number of halogens is 1. The molecule has 0 spiro atoms. The second-order valence-electron chi connectivity index (χ2n) is 3.26. The average Bonchev–Trinajstić information content (AvgIpc) is 2.28. The van der Waals surface area contributed by atoms with Gasteiger partial charge in [0, 0.05) is 5.33 Å². The molecule has 0 fully saturated rings. The van der Waals surface area contributed by atoms with Crippen LogP contribution in [0.3, 0.4) is 0 Å². The summed E-state index contributed by atoms with van der Waals surface area (Å²) in [5.41, 5.74) is 0.698. The normalized spacial score (nSPS) is 14.7. The maximum atomic E-state index is 9.77. The van der Waals surface area contributed by atoms with Crippen molar-refractivity contribution in [2.24, 2.45) is 0 Å². The highest BCUT2D eigenvalue weighted by Gasteiger charge is 2.17. The molecule has 15 heavy (non-hydrogen) atoms. The highest BCUT2D eigenvalue weighted by Crippen LogP contribution is 2.21. The number of aliphatic hydroxyl groups is 2. The fourth-order valence-corrected chi connectivity index (χ4v) is 1.76. The van der Waals surface area contributed by atoms with E-state index in [0.717, 1.165) is 5.75 Å². The van der Waals surface area contributed by atoms with E-state index in [9.17, 15) is 10.2 Å². The minimum Gasteiger partial charge on any atom is -0.497 e. The predicted octanol–water partition coefficient (Wildman–Crippen LogP) is 1.87. The van der Waals surface area contributed by atoms with Crippen molar-refractivity contribution in [3.63, 3.8) is 0 Å². The lowest BCUT2D eigenvalue weighted by molar-refractivity contribution is 0.0173. The molecule has 0 amide bonds. The highest BCUT2D eigenvalue weighted by atomic mass is 79.9. The quantitative estimate of drug-likeness (QED) is 0.807. The Morgan fingerprint density at radius 3 is 2.33 bits per heavy atom. The van der Waals surface area contributed by atoms with Crippen LogP contribution in [0.5, 0.6) is 5.75 Å². The zero-order valence-corrected chi connectivity index (χ0v) is 10.1. The van der Waals surface area contributed by atoms with Gasteiger partial charge in [-0.1, -0.05) is 28.1 Å². The third-order valence-electron chi connectivity index (χ3n) is 2.23. The molecule has 84 valence electrons. The van der Waals surface area contributed by atoms with Gasteiger partial charge >= 0.3 is 0 Å². The van der Waals surface area contributed by atoms with Gasteiger partial charge < -0.3 is 14.9 Å². The Kier molecular flexibility index (Phi) is 5.08. The molecule has 0 bridgehead atoms. The molecule has 2 N–H and O–H groups in total. The molecule has 0 saturated carbocycles. The largest absolute Gasteiger partial charge is 0.497 e. The van der Waals surface area contributed by atoms with Gasteiger partial charge in [-0.05, 0) is 24.1 Å². The summed E-state index contributed by atoms with van der Waals surface area (Å²) < 4.78 is 5.01. The number of methoxy groups -OCH3 is 1. The summed E-state index contributed by atoms with van der Waals surface area (Å²) in [4.78, 5) is 0. The van der Waals surface area contributed by atoms with Gasteiger partial charge in [0.25, 0.3) is 0 Å². The summed E-state index contributed by atoms with van der Waals surface area (Å²) in [6.07, 6.45) is -1.06. The van der Waals surface area contributed by atoms with Crippen molar-refractivity contribution < 1.29 is 14.9 Å². The summed E-state index contributed by atoms with van der Waals surface area (Å²) in [5, 5.41) is 20.0. The molecule has 0 heterocycles. The summed E-state index contributed by atoms with van der Waals surface area (Å²) >= 11 is 3.22. The molecule has 2 atom stereocenters. The van der Waals surface area contributed by atoms with Crippen molar-refractivity contribution in [1.82, 2.24) is 0 Å². The van der Waals surface area contributed by atoms with E-state index < -0.39 is 12.2 Å². The molecule has 0 aliphatic carbocycles. The first-order valence-electron chi connectivity index (χ1n) is 4.75. The van der Waals surface area contributed by atoms with Gasteiger partial charge in [-0.2, -0.15) is 0 Å². The number of alkyl halides is 1. The lowest BCUT2D eigenvalue weighted by atomic mass is 10.0. The Hall–Kier alpha value is -0.580. The Balaban J connectivity index is 2.69. The lowest BCUT2D eigenvalue weighted by Crippen LogP contribution is -2.18. The van der Waals surface area contributed by atoms with Gasteiger partial charge in [0.2, 0.25) is 0 Å². The standard InChI is InChI=1S/C11H15BrO3/c1-15-9-4-2-8(3-5-9)11(14)10(13)6-7-12/h2-5,10-11,13-14H,6-7H2,1H3. The topological polar surface area (TPSA) is 49.7 Å². The van der Waals surface area contributed by atoms with Gasteiger partial charge in [0.05, 0.1) is 13.2 Å². The number of rotatable bonds is 5. The fourth-order valence-electron chi connectivity index (χ4n) is 1.29. The number of aliphatic hydroxyl groups excluding tert-OH is 2. The monoisotopic (exact) mass is 274 g/mol. The van der Waals surface area contributed by atoms with E-state index in [0.29, 0.717) is 17.3 Å². The van der Waals surface area contributed by atoms with Crippen LogP contribution < -0.4 is 4.74 Å². The van der Waals surface area contributed by atoms with Crippen LogP contribution in [-0.4, -0.2) is 28.8 Å². The third kappa shape index (κ3) is 3.48. The maximum Gasteiger partial charge on any atom is 0.118 e. The van der Waals surface area contributed by atoms with Gasteiger partial charge in [0.1, 0.15) is 11.9 Å². The van der Waals surface area contributed by atoms with Crippen LogP contribution in [0.2, 0.25) is 0 Å². The van der Waals surface area contributed by atoms with Gasteiger partial charge in [0.15, 0.2) is 0 Å². The Labute approximate surface area is 97.8 Å². The minimum atomic E-state index is -0.839.